The molecule has 1 nitrogen and oxygen atoms in total. The molecule has 3 aromatic carbocycles. The van der Waals surface area contributed by atoms with E-state index in [0.717, 1.165) is 45.3 Å². The van der Waals surface area contributed by atoms with Gasteiger partial charge in [-0.1, -0.05) is 70.2 Å². The Morgan fingerprint density at radius 2 is 1.30 bits per heavy atom. The van der Waals surface area contributed by atoms with E-state index in [1.54, 1.807) is 33.4 Å². The van der Waals surface area contributed by atoms with Crippen molar-refractivity contribution in [2.75, 3.05) is 13.1 Å². The van der Waals surface area contributed by atoms with Crippen LogP contribution in [0.5, 0.6) is 0 Å². The van der Waals surface area contributed by atoms with Crippen molar-refractivity contribution in [3.63, 3.8) is 0 Å². The second-order valence-corrected chi connectivity index (χ2v) is 8.83. The van der Waals surface area contributed by atoms with E-state index in [1.165, 1.54) is 27.8 Å². The molecule has 2 aliphatic carbocycles. The Balaban J connectivity index is 1.70. The van der Waals surface area contributed by atoms with Crippen molar-refractivity contribution in [2.45, 2.75) is 59.9 Å². The highest BCUT2D eigenvalue weighted by atomic mass is 15.1. The third-order valence-corrected chi connectivity index (χ3v) is 7.41. The van der Waals surface area contributed by atoms with E-state index in [-0.39, 0.29) is 0 Å². The fraction of sp³-hybridized carbons (Fsp3) is 0.379. The molecule has 0 aliphatic heterocycles. The first-order chi connectivity index (χ1) is 14.7. The summed E-state index contributed by atoms with van der Waals surface area (Å²) in [5.74, 6) is 0. The van der Waals surface area contributed by atoms with Gasteiger partial charge in [0.05, 0.1) is 0 Å². The molecule has 0 spiro atoms. The third-order valence-electron chi connectivity index (χ3n) is 7.41. The van der Waals surface area contributed by atoms with Crippen LogP contribution in [-0.4, -0.2) is 18.0 Å². The van der Waals surface area contributed by atoms with Gasteiger partial charge in [-0.15, -0.1) is 0 Å². The first-order valence-electron chi connectivity index (χ1n) is 11.8. The molecule has 0 heterocycles. The SMILES string of the molecule is CCc1c(CC)c2c(c3c1Cc1ccccc1-3)-c1ccc(CN(CC)CC)cc1C2. The van der Waals surface area contributed by atoms with Crippen LogP contribution in [0.4, 0.5) is 0 Å². The third kappa shape index (κ3) is 2.87. The molecule has 5 rings (SSSR count). The molecule has 1 heteroatoms. The van der Waals surface area contributed by atoms with E-state index in [9.17, 15) is 0 Å². The Morgan fingerprint density at radius 1 is 0.700 bits per heavy atom. The van der Waals surface area contributed by atoms with Crippen LogP contribution in [0.15, 0.2) is 42.5 Å². The van der Waals surface area contributed by atoms with Crippen LogP contribution < -0.4 is 0 Å². The minimum Gasteiger partial charge on any atom is -0.300 e. The van der Waals surface area contributed by atoms with Crippen LogP contribution in [0.2, 0.25) is 0 Å². The number of rotatable bonds is 6. The highest BCUT2D eigenvalue weighted by molar-refractivity contribution is 5.97. The Morgan fingerprint density at radius 3 is 1.93 bits per heavy atom. The molecule has 0 amide bonds. The largest absolute Gasteiger partial charge is 0.300 e. The molecule has 30 heavy (non-hydrogen) atoms. The number of benzene rings is 3. The molecule has 3 aromatic rings. The van der Waals surface area contributed by atoms with Crippen molar-refractivity contribution < 1.29 is 0 Å². The minimum absolute atomic E-state index is 1.05. The molecule has 0 bridgehead atoms. The maximum absolute atomic E-state index is 2.50. The summed E-state index contributed by atoms with van der Waals surface area (Å²) in [4.78, 5) is 2.50. The maximum atomic E-state index is 2.50. The predicted octanol–water partition coefficient (Wildman–Crippen LogP) is 6.80. The van der Waals surface area contributed by atoms with Gasteiger partial charge < -0.3 is 0 Å². The fourth-order valence-electron chi connectivity index (χ4n) is 5.95. The monoisotopic (exact) mass is 395 g/mol. The second-order valence-electron chi connectivity index (χ2n) is 8.83. The van der Waals surface area contributed by atoms with Crippen LogP contribution in [0.1, 0.15) is 66.6 Å². The van der Waals surface area contributed by atoms with Crippen LogP contribution in [-0.2, 0) is 32.2 Å². The van der Waals surface area contributed by atoms with E-state index in [0.29, 0.717) is 0 Å². The summed E-state index contributed by atoms with van der Waals surface area (Å²) in [5.41, 5.74) is 17.0. The van der Waals surface area contributed by atoms with Crippen molar-refractivity contribution in [3.05, 3.63) is 81.4 Å². The highest BCUT2D eigenvalue weighted by Crippen LogP contribution is 2.52. The molecule has 0 N–H and O–H groups in total. The lowest BCUT2D eigenvalue weighted by Crippen LogP contribution is -2.22. The summed E-state index contributed by atoms with van der Waals surface area (Å²) in [5, 5.41) is 0. The van der Waals surface area contributed by atoms with Gasteiger partial charge in [0, 0.05) is 6.54 Å². The zero-order chi connectivity index (χ0) is 20.8. The van der Waals surface area contributed by atoms with Gasteiger partial charge in [0.15, 0.2) is 0 Å². The lowest BCUT2D eigenvalue weighted by molar-refractivity contribution is 0.296. The molecule has 0 unspecified atom stereocenters. The molecule has 0 saturated carbocycles. The van der Waals surface area contributed by atoms with Gasteiger partial charge in [0.2, 0.25) is 0 Å². The predicted molar refractivity (Wildman–Crippen MR) is 128 cm³/mol. The average molecular weight is 396 g/mol. The summed E-state index contributed by atoms with van der Waals surface area (Å²) in [6, 6.07) is 16.4. The standard InChI is InChI=1S/C29H33N/c1-5-22-23(6-2)27-17-21-15-19(18-30(7-3)8-4)13-14-25(21)29(27)28-24-12-10-9-11-20(24)16-26(22)28/h9-15H,5-8,16-18H2,1-4H3. The molecular weight excluding hydrogens is 362 g/mol. The van der Waals surface area contributed by atoms with Crippen LogP contribution in [0.25, 0.3) is 22.3 Å². The van der Waals surface area contributed by atoms with E-state index >= 15 is 0 Å². The van der Waals surface area contributed by atoms with Gasteiger partial charge in [0.1, 0.15) is 0 Å². The first-order valence-corrected chi connectivity index (χ1v) is 11.8. The van der Waals surface area contributed by atoms with Crippen LogP contribution >= 0.6 is 0 Å². The lowest BCUT2D eigenvalue weighted by Gasteiger charge is -2.20. The van der Waals surface area contributed by atoms with Gasteiger partial charge in [-0.05, 0) is 100.0 Å². The summed E-state index contributed by atoms with van der Waals surface area (Å²) in [6.45, 7) is 12.5. The Hall–Kier alpha value is -2.38. The molecule has 2 aliphatic rings. The summed E-state index contributed by atoms with van der Waals surface area (Å²) in [7, 11) is 0. The molecular formula is C29H33N. The Kier molecular flexibility index (Phi) is 5.03. The van der Waals surface area contributed by atoms with E-state index in [1.807, 2.05) is 0 Å². The Labute approximate surface area is 181 Å². The molecule has 0 fully saturated rings. The van der Waals surface area contributed by atoms with Crippen molar-refractivity contribution in [1.29, 1.82) is 0 Å². The van der Waals surface area contributed by atoms with Crippen molar-refractivity contribution >= 4 is 0 Å². The maximum Gasteiger partial charge on any atom is 0.0233 e. The number of hydrogen-bond donors (Lipinski definition) is 0. The molecule has 0 aromatic heterocycles. The summed E-state index contributed by atoms with van der Waals surface area (Å²) in [6.07, 6.45) is 4.47. The van der Waals surface area contributed by atoms with Gasteiger partial charge in [0.25, 0.3) is 0 Å². The lowest BCUT2D eigenvalue weighted by atomic mass is 9.84. The first kappa shape index (κ1) is 19.6. The molecule has 0 radical (unpaired) electrons. The Bertz CT molecular complexity index is 1120. The zero-order valence-electron chi connectivity index (χ0n) is 18.9. The summed E-state index contributed by atoms with van der Waals surface area (Å²) < 4.78 is 0. The van der Waals surface area contributed by atoms with Gasteiger partial charge in [-0.25, -0.2) is 0 Å². The van der Waals surface area contributed by atoms with Crippen LogP contribution in [0.3, 0.4) is 0 Å². The summed E-state index contributed by atoms with van der Waals surface area (Å²) >= 11 is 0. The highest BCUT2D eigenvalue weighted by Gasteiger charge is 2.33. The van der Waals surface area contributed by atoms with Gasteiger partial charge in [-0.3, -0.25) is 4.90 Å². The van der Waals surface area contributed by atoms with E-state index in [2.05, 4.69) is 75.1 Å². The van der Waals surface area contributed by atoms with E-state index in [4.69, 9.17) is 0 Å². The number of hydrogen-bond acceptors (Lipinski definition) is 1. The van der Waals surface area contributed by atoms with E-state index < -0.39 is 0 Å². The topological polar surface area (TPSA) is 3.24 Å². The number of fused-ring (bicyclic) bond motifs is 7. The average Bonchev–Trinajstić information content (AvgIpc) is 3.34. The van der Waals surface area contributed by atoms with Gasteiger partial charge >= 0.3 is 0 Å². The van der Waals surface area contributed by atoms with Crippen molar-refractivity contribution in [2.24, 2.45) is 0 Å². The number of nitrogens with zero attached hydrogens (tertiary/aromatic N) is 1. The normalized spacial score (nSPS) is 13.4. The minimum atomic E-state index is 1.05. The fourth-order valence-corrected chi connectivity index (χ4v) is 5.95. The quantitative estimate of drug-likeness (QED) is 0.306. The molecule has 0 saturated heterocycles. The zero-order valence-corrected chi connectivity index (χ0v) is 18.9. The molecule has 154 valence electrons. The van der Waals surface area contributed by atoms with Crippen molar-refractivity contribution in [3.8, 4) is 22.3 Å². The van der Waals surface area contributed by atoms with Gasteiger partial charge in [-0.2, -0.15) is 0 Å². The second kappa shape index (κ2) is 7.71. The van der Waals surface area contributed by atoms with Crippen molar-refractivity contribution in [1.82, 2.24) is 4.90 Å². The smallest absolute Gasteiger partial charge is 0.0233 e. The molecule has 0 atom stereocenters. The van der Waals surface area contributed by atoms with Crippen LogP contribution in [0, 0.1) is 0 Å².